The largest absolute Gasteiger partial charge is 0.378 e. The van der Waals surface area contributed by atoms with E-state index in [0.717, 1.165) is 38.5 Å². The second-order valence-corrected chi connectivity index (χ2v) is 10.7. The van der Waals surface area contributed by atoms with Crippen LogP contribution in [0, 0.1) is 36.0 Å². The Hall–Kier alpha value is -2.31. The zero-order valence-electron chi connectivity index (χ0n) is 19.6. The zero-order valence-corrected chi connectivity index (χ0v) is 19.6. The van der Waals surface area contributed by atoms with Gasteiger partial charge in [-0.15, -0.1) is 0 Å². The van der Waals surface area contributed by atoms with Gasteiger partial charge < -0.3 is 10.0 Å². The number of hydrogen-bond donors (Lipinski definition) is 1. The molecule has 0 aromatic heterocycles. The SMILES string of the molecule is [CH2]C#C[C@@]1(O)CC[C@H]2[C@@H]3CCC4=CC(=O)CCC4=C3[C@@H](c3ccc(N(C)C)cc3)C[C@@]21C. The number of fused-ring (bicyclic) bond motifs is 4. The van der Waals surface area contributed by atoms with Crippen molar-refractivity contribution in [1.29, 1.82) is 0 Å². The van der Waals surface area contributed by atoms with Gasteiger partial charge in [-0.3, -0.25) is 4.79 Å². The molecule has 4 aliphatic rings. The summed E-state index contributed by atoms with van der Waals surface area (Å²) in [5, 5.41) is 11.7. The highest BCUT2D eigenvalue weighted by molar-refractivity contribution is 5.93. The maximum Gasteiger partial charge on any atom is 0.156 e. The molecular formula is C29H34NO2. The van der Waals surface area contributed by atoms with Crippen molar-refractivity contribution in [1.82, 2.24) is 0 Å². The second-order valence-electron chi connectivity index (χ2n) is 10.7. The summed E-state index contributed by atoms with van der Waals surface area (Å²) in [6, 6.07) is 8.93. The number of allylic oxidation sites excluding steroid dienone is 4. The van der Waals surface area contributed by atoms with E-state index in [9.17, 15) is 9.90 Å². The Morgan fingerprint density at radius 2 is 1.88 bits per heavy atom. The maximum atomic E-state index is 12.2. The lowest BCUT2D eigenvalue weighted by Gasteiger charge is -2.53. The van der Waals surface area contributed by atoms with Crippen molar-refractivity contribution in [2.24, 2.45) is 17.3 Å². The van der Waals surface area contributed by atoms with E-state index in [4.69, 9.17) is 0 Å². The third kappa shape index (κ3) is 3.11. The first-order valence-corrected chi connectivity index (χ1v) is 12.0. The predicted octanol–water partition coefficient (Wildman–Crippen LogP) is 5.22. The van der Waals surface area contributed by atoms with E-state index in [-0.39, 0.29) is 17.1 Å². The van der Waals surface area contributed by atoms with Crippen LogP contribution in [-0.2, 0) is 4.79 Å². The highest BCUT2D eigenvalue weighted by atomic mass is 16.3. The van der Waals surface area contributed by atoms with E-state index in [0.29, 0.717) is 18.3 Å². The molecule has 1 N–H and O–H groups in total. The average molecular weight is 429 g/mol. The monoisotopic (exact) mass is 428 g/mol. The van der Waals surface area contributed by atoms with Gasteiger partial charge in [0.05, 0.1) is 0 Å². The molecule has 2 fully saturated rings. The Morgan fingerprint density at radius 3 is 2.56 bits per heavy atom. The summed E-state index contributed by atoms with van der Waals surface area (Å²) in [5.74, 6) is 7.32. The number of hydrogen-bond acceptors (Lipinski definition) is 3. The first kappa shape index (κ1) is 21.5. The van der Waals surface area contributed by atoms with Crippen LogP contribution in [0.3, 0.4) is 0 Å². The summed E-state index contributed by atoms with van der Waals surface area (Å²) in [4.78, 5) is 14.3. The Balaban J connectivity index is 1.67. The molecule has 0 spiro atoms. The molecule has 1 aromatic carbocycles. The Morgan fingerprint density at radius 1 is 1.12 bits per heavy atom. The van der Waals surface area contributed by atoms with Gasteiger partial charge in [-0.2, -0.15) is 0 Å². The van der Waals surface area contributed by atoms with Gasteiger partial charge in [0.15, 0.2) is 5.78 Å². The number of rotatable bonds is 2. The summed E-state index contributed by atoms with van der Waals surface area (Å²) < 4.78 is 0. The molecule has 0 unspecified atom stereocenters. The molecule has 3 nitrogen and oxygen atoms in total. The lowest BCUT2D eigenvalue weighted by atomic mass is 9.51. The number of anilines is 1. The van der Waals surface area contributed by atoms with E-state index in [1.165, 1.54) is 22.4 Å². The minimum Gasteiger partial charge on any atom is -0.378 e. The average Bonchev–Trinajstić information content (AvgIpc) is 3.03. The van der Waals surface area contributed by atoms with Crippen LogP contribution in [0.1, 0.15) is 63.4 Å². The van der Waals surface area contributed by atoms with Gasteiger partial charge in [-0.1, -0.05) is 36.5 Å². The van der Waals surface area contributed by atoms with Crippen LogP contribution in [0.15, 0.2) is 47.1 Å². The van der Waals surface area contributed by atoms with Crippen LogP contribution in [-0.4, -0.2) is 30.6 Å². The third-order valence-electron chi connectivity index (χ3n) is 8.99. The fraction of sp³-hybridized carbons (Fsp3) is 0.517. The number of carbonyl (C=O) groups is 1. The van der Waals surface area contributed by atoms with E-state index < -0.39 is 5.60 Å². The lowest BCUT2D eigenvalue weighted by molar-refractivity contribution is -0.114. The van der Waals surface area contributed by atoms with Crippen LogP contribution in [0.2, 0.25) is 0 Å². The summed E-state index contributed by atoms with van der Waals surface area (Å²) in [6.07, 6.45) is 8.08. The van der Waals surface area contributed by atoms with Crippen molar-refractivity contribution in [3.05, 3.63) is 59.5 Å². The second kappa shape index (κ2) is 7.63. The molecule has 0 amide bonds. The number of carbonyl (C=O) groups excluding carboxylic acids is 1. The van der Waals surface area contributed by atoms with Gasteiger partial charge in [-0.25, -0.2) is 0 Å². The minimum absolute atomic E-state index is 0.251. The highest BCUT2D eigenvalue weighted by Gasteiger charge is 2.62. The minimum atomic E-state index is -0.976. The topological polar surface area (TPSA) is 40.5 Å². The van der Waals surface area contributed by atoms with Crippen molar-refractivity contribution < 1.29 is 9.90 Å². The quantitative estimate of drug-likeness (QED) is 0.657. The van der Waals surface area contributed by atoms with E-state index in [1.54, 1.807) is 5.57 Å². The molecule has 3 heteroatoms. The van der Waals surface area contributed by atoms with Gasteiger partial charge in [0.2, 0.25) is 0 Å². The number of ketones is 1. The smallest absolute Gasteiger partial charge is 0.156 e. The first-order chi connectivity index (χ1) is 15.3. The molecule has 2 saturated carbocycles. The fourth-order valence-electron chi connectivity index (χ4n) is 7.32. The molecule has 0 bridgehead atoms. The standard InChI is InChI=1S/C29H34NO2/c1-5-15-29(32)16-14-26-24-12-8-20-17-22(31)11-13-23(20)27(24)25(18-28(26,29)2)19-6-9-21(10-7-19)30(3)4/h6-7,9-10,17,24-26,32H,1,8,11-14,16,18H2,2-4H3/t24-,25+,26-,28-,29+/m0/s1. The summed E-state index contributed by atoms with van der Waals surface area (Å²) in [6.45, 7) is 6.01. The van der Waals surface area contributed by atoms with E-state index in [1.807, 2.05) is 6.08 Å². The molecule has 1 radical (unpaired) electrons. The third-order valence-corrected chi connectivity index (χ3v) is 8.99. The molecule has 32 heavy (non-hydrogen) atoms. The molecule has 5 atom stereocenters. The van der Waals surface area contributed by atoms with E-state index >= 15 is 0 Å². The van der Waals surface area contributed by atoms with E-state index in [2.05, 4.69) is 68.9 Å². The molecule has 0 saturated heterocycles. The molecular weight excluding hydrogens is 394 g/mol. The molecule has 4 aliphatic carbocycles. The predicted molar refractivity (Wildman–Crippen MR) is 129 cm³/mol. The van der Waals surface area contributed by atoms with Gasteiger partial charge in [0, 0.05) is 44.5 Å². The van der Waals surface area contributed by atoms with Crippen LogP contribution in [0.4, 0.5) is 5.69 Å². The first-order valence-electron chi connectivity index (χ1n) is 12.0. The fourth-order valence-corrected chi connectivity index (χ4v) is 7.32. The zero-order chi connectivity index (χ0) is 22.7. The molecule has 167 valence electrons. The Bertz CT molecular complexity index is 1070. The summed E-state index contributed by atoms with van der Waals surface area (Å²) in [7, 11) is 4.13. The maximum absolute atomic E-state index is 12.2. The van der Waals surface area contributed by atoms with Crippen molar-refractivity contribution >= 4 is 11.5 Å². The van der Waals surface area contributed by atoms with Gasteiger partial charge in [-0.05, 0) is 85.3 Å². The van der Waals surface area contributed by atoms with Crippen molar-refractivity contribution in [3.8, 4) is 11.8 Å². The summed E-state index contributed by atoms with van der Waals surface area (Å²) in [5.41, 5.74) is 5.55. The number of benzene rings is 1. The number of aliphatic hydroxyl groups is 1. The molecule has 1 aromatic rings. The lowest BCUT2D eigenvalue weighted by Crippen LogP contribution is -2.51. The van der Waals surface area contributed by atoms with Crippen LogP contribution in [0.5, 0.6) is 0 Å². The van der Waals surface area contributed by atoms with Crippen molar-refractivity contribution in [3.63, 3.8) is 0 Å². The van der Waals surface area contributed by atoms with Gasteiger partial charge in [0.1, 0.15) is 5.60 Å². The van der Waals surface area contributed by atoms with Gasteiger partial charge in [0.25, 0.3) is 0 Å². The molecule has 0 aliphatic heterocycles. The van der Waals surface area contributed by atoms with Crippen molar-refractivity contribution in [2.45, 2.75) is 63.4 Å². The van der Waals surface area contributed by atoms with Crippen LogP contribution >= 0.6 is 0 Å². The number of nitrogens with zero attached hydrogens (tertiary/aromatic N) is 1. The highest BCUT2D eigenvalue weighted by Crippen LogP contribution is 2.66. The molecule has 0 heterocycles. The Labute approximate surface area is 192 Å². The van der Waals surface area contributed by atoms with Gasteiger partial charge >= 0.3 is 0 Å². The Kier molecular flexibility index (Phi) is 5.13. The molecule has 5 rings (SSSR count). The normalized spacial score (nSPS) is 35.8. The van der Waals surface area contributed by atoms with Crippen LogP contribution in [0.25, 0.3) is 0 Å². The van der Waals surface area contributed by atoms with Crippen molar-refractivity contribution in [2.75, 3.05) is 19.0 Å². The summed E-state index contributed by atoms with van der Waals surface area (Å²) >= 11 is 0. The van der Waals surface area contributed by atoms with Crippen LogP contribution < -0.4 is 4.90 Å².